The summed E-state index contributed by atoms with van der Waals surface area (Å²) >= 11 is 0. The van der Waals surface area contributed by atoms with E-state index in [2.05, 4.69) is 35.5 Å². The molecular weight excluding hydrogens is 172 g/mol. The molecule has 0 aliphatic rings. The molecule has 74 valence electrons. The molecule has 1 atom stereocenters. The molecule has 0 bridgehead atoms. The van der Waals surface area contributed by atoms with Crippen molar-refractivity contribution in [3.8, 4) is 0 Å². The zero-order valence-electron chi connectivity index (χ0n) is 8.77. The maximum Gasteiger partial charge on any atom is 0.136 e. The molecular formula is C12H16N2. The highest BCUT2D eigenvalue weighted by molar-refractivity contribution is 5.40. The highest BCUT2D eigenvalue weighted by atomic mass is 15.0. The van der Waals surface area contributed by atoms with Crippen LogP contribution in [-0.2, 0) is 0 Å². The summed E-state index contributed by atoms with van der Waals surface area (Å²) in [4.78, 5) is 4.38. The van der Waals surface area contributed by atoms with Gasteiger partial charge >= 0.3 is 0 Å². The van der Waals surface area contributed by atoms with E-state index in [-0.39, 0.29) is 0 Å². The first-order valence-corrected chi connectivity index (χ1v) is 5.25. The number of pyridine rings is 1. The van der Waals surface area contributed by atoms with Gasteiger partial charge < -0.3 is 4.40 Å². The van der Waals surface area contributed by atoms with E-state index in [9.17, 15) is 0 Å². The maximum atomic E-state index is 4.38. The molecule has 2 aromatic rings. The Hall–Kier alpha value is -1.31. The fraction of sp³-hybridized carbons (Fsp3) is 0.417. The highest BCUT2D eigenvalue weighted by Crippen LogP contribution is 2.21. The van der Waals surface area contributed by atoms with Crippen molar-refractivity contribution >= 4 is 5.65 Å². The van der Waals surface area contributed by atoms with Crippen LogP contribution in [-0.4, -0.2) is 9.38 Å². The van der Waals surface area contributed by atoms with Crippen LogP contribution in [0.25, 0.3) is 5.65 Å². The molecule has 1 unspecified atom stereocenters. The molecule has 2 aromatic heterocycles. The predicted molar refractivity (Wildman–Crippen MR) is 58.5 cm³/mol. The molecule has 2 rings (SSSR count). The van der Waals surface area contributed by atoms with Crippen molar-refractivity contribution in [1.82, 2.24) is 9.38 Å². The average molecular weight is 188 g/mol. The van der Waals surface area contributed by atoms with Gasteiger partial charge in [-0.05, 0) is 24.5 Å². The van der Waals surface area contributed by atoms with Crippen molar-refractivity contribution < 1.29 is 0 Å². The minimum atomic E-state index is 0.595. The maximum absolute atomic E-state index is 4.38. The molecule has 2 heterocycles. The zero-order chi connectivity index (χ0) is 9.97. The van der Waals surface area contributed by atoms with E-state index in [1.807, 2.05) is 18.3 Å². The summed E-state index contributed by atoms with van der Waals surface area (Å²) in [6.07, 6.45) is 6.53. The molecule has 0 aromatic carbocycles. The smallest absolute Gasteiger partial charge is 0.136 e. The summed E-state index contributed by atoms with van der Waals surface area (Å²) in [7, 11) is 0. The van der Waals surface area contributed by atoms with E-state index in [0.717, 1.165) is 5.65 Å². The summed E-state index contributed by atoms with van der Waals surface area (Å²) in [5.74, 6) is 0.595. The van der Waals surface area contributed by atoms with Gasteiger partial charge in [-0.1, -0.05) is 26.3 Å². The number of imidazole rings is 1. The minimum Gasteiger partial charge on any atom is -0.304 e. The van der Waals surface area contributed by atoms with E-state index >= 15 is 0 Å². The summed E-state index contributed by atoms with van der Waals surface area (Å²) < 4.78 is 2.18. The average Bonchev–Trinajstić information content (AvgIpc) is 2.61. The van der Waals surface area contributed by atoms with Crippen molar-refractivity contribution in [3.63, 3.8) is 0 Å². The second kappa shape index (κ2) is 3.82. The van der Waals surface area contributed by atoms with Gasteiger partial charge in [0, 0.05) is 18.1 Å². The molecule has 0 saturated carbocycles. The Labute approximate surface area is 84.6 Å². The summed E-state index contributed by atoms with van der Waals surface area (Å²) in [5.41, 5.74) is 2.37. The molecule has 14 heavy (non-hydrogen) atoms. The molecule has 0 saturated heterocycles. The van der Waals surface area contributed by atoms with Gasteiger partial charge in [0.15, 0.2) is 0 Å². The molecule has 0 aliphatic carbocycles. The van der Waals surface area contributed by atoms with Crippen LogP contribution in [0.15, 0.2) is 30.6 Å². The van der Waals surface area contributed by atoms with Crippen molar-refractivity contribution in [1.29, 1.82) is 0 Å². The number of nitrogens with zero attached hydrogens (tertiary/aromatic N) is 2. The van der Waals surface area contributed by atoms with E-state index in [1.54, 1.807) is 0 Å². The van der Waals surface area contributed by atoms with Gasteiger partial charge in [0.1, 0.15) is 5.65 Å². The van der Waals surface area contributed by atoms with Gasteiger partial charge in [0.2, 0.25) is 0 Å². The molecule has 0 N–H and O–H groups in total. The van der Waals surface area contributed by atoms with Gasteiger partial charge in [-0.15, -0.1) is 0 Å². The minimum absolute atomic E-state index is 0.595. The van der Waals surface area contributed by atoms with Crippen LogP contribution in [0.1, 0.15) is 38.3 Å². The summed E-state index contributed by atoms with van der Waals surface area (Å²) in [6.45, 7) is 4.49. The van der Waals surface area contributed by atoms with Crippen LogP contribution in [0.3, 0.4) is 0 Å². The second-order valence-corrected chi connectivity index (χ2v) is 3.80. The van der Waals surface area contributed by atoms with E-state index in [0.29, 0.717) is 5.92 Å². The Kier molecular flexibility index (Phi) is 2.53. The van der Waals surface area contributed by atoms with E-state index in [4.69, 9.17) is 0 Å². The van der Waals surface area contributed by atoms with Crippen molar-refractivity contribution in [3.05, 3.63) is 36.3 Å². The fourth-order valence-corrected chi connectivity index (χ4v) is 1.90. The topological polar surface area (TPSA) is 17.3 Å². The van der Waals surface area contributed by atoms with E-state index in [1.165, 1.54) is 18.5 Å². The number of hydrogen-bond donors (Lipinski definition) is 0. The lowest BCUT2D eigenvalue weighted by atomic mass is 10.0. The van der Waals surface area contributed by atoms with Crippen molar-refractivity contribution in [2.75, 3.05) is 0 Å². The molecule has 2 nitrogen and oxygen atoms in total. The Bertz CT molecular complexity index is 417. The van der Waals surface area contributed by atoms with Gasteiger partial charge in [0.25, 0.3) is 0 Å². The molecule has 0 fully saturated rings. The highest BCUT2D eigenvalue weighted by Gasteiger charge is 2.09. The lowest BCUT2D eigenvalue weighted by Crippen LogP contribution is -1.97. The predicted octanol–water partition coefficient (Wildman–Crippen LogP) is 3.24. The Morgan fingerprint density at radius 3 is 3.07 bits per heavy atom. The van der Waals surface area contributed by atoms with Gasteiger partial charge in [0.05, 0.1) is 0 Å². The standard InChI is InChI=1S/C12H16N2/c1-3-6-10(2)11-9-13-12-7-4-5-8-14(11)12/h4-5,7-10H,3,6H2,1-2H3. The third-order valence-electron chi connectivity index (χ3n) is 2.67. The van der Waals surface area contributed by atoms with Crippen molar-refractivity contribution in [2.24, 2.45) is 0 Å². The Morgan fingerprint density at radius 2 is 2.29 bits per heavy atom. The van der Waals surface area contributed by atoms with Crippen molar-refractivity contribution in [2.45, 2.75) is 32.6 Å². The number of rotatable bonds is 3. The van der Waals surface area contributed by atoms with Gasteiger partial charge in [-0.25, -0.2) is 4.98 Å². The molecule has 0 aliphatic heterocycles. The quantitative estimate of drug-likeness (QED) is 0.722. The summed E-state index contributed by atoms with van der Waals surface area (Å²) in [6, 6.07) is 6.12. The molecule has 0 spiro atoms. The molecule has 0 amide bonds. The van der Waals surface area contributed by atoms with Crippen LogP contribution in [0.2, 0.25) is 0 Å². The fourth-order valence-electron chi connectivity index (χ4n) is 1.90. The van der Waals surface area contributed by atoms with Gasteiger partial charge in [-0.2, -0.15) is 0 Å². The van der Waals surface area contributed by atoms with Crippen LogP contribution in [0.4, 0.5) is 0 Å². The van der Waals surface area contributed by atoms with Crippen LogP contribution in [0, 0.1) is 0 Å². The lowest BCUT2D eigenvalue weighted by molar-refractivity contribution is 0.642. The first kappa shape index (κ1) is 9.25. The molecule has 2 heteroatoms. The van der Waals surface area contributed by atoms with Crippen LogP contribution >= 0.6 is 0 Å². The monoisotopic (exact) mass is 188 g/mol. The molecule has 0 radical (unpaired) electrons. The number of aromatic nitrogens is 2. The van der Waals surface area contributed by atoms with Crippen LogP contribution in [0.5, 0.6) is 0 Å². The second-order valence-electron chi connectivity index (χ2n) is 3.80. The van der Waals surface area contributed by atoms with Gasteiger partial charge in [-0.3, -0.25) is 0 Å². The number of hydrogen-bond acceptors (Lipinski definition) is 1. The number of fused-ring (bicyclic) bond motifs is 1. The Morgan fingerprint density at radius 1 is 1.43 bits per heavy atom. The SMILES string of the molecule is CCCC(C)c1cnc2ccccn12. The zero-order valence-corrected chi connectivity index (χ0v) is 8.77. The normalized spacial score (nSPS) is 13.3. The largest absolute Gasteiger partial charge is 0.304 e. The third kappa shape index (κ3) is 1.52. The first-order valence-electron chi connectivity index (χ1n) is 5.25. The first-order chi connectivity index (χ1) is 6.83. The van der Waals surface area contributed by atoms with Crippen LogP contribution < -0.4 is 0 Å². The third-order valence-corrected chi connectivity index (χ3v) is 2.67. The lowest BCUT2D eigenvalue weighted by Gasteiger charge is -2.09. The van der Waals surface area contributed by atoms with E-state index < -0.39 is 0 Å². The summed E-state index contributed by atoms with van der Waals surface area (Å²) in [5, 5.41) is 0. The Balaban J connectivity index is 2.42.